The summed E-state index contributed by atoms with van der Waals surface area (Å²) in [7, 11) is 4.00. The second-order valence-electron chi connectivity index (χ2n) is 8.50. The van der Waals surface area contributed by atoms with Crippen LogP contribution in [-0.4, -0.2) is 52.4 Å². The zero-order valence-electron chi connectivity index (χ0n) is 18.4. The highest BCUT2D eigenvalue weighted by molar-refractivity contribution is 6.29. The van der Waals surface area contributed by atoms with Crippen LogP contribution >= 0.6 is 11.6 Å². The highest BCUT2D eigenvalue weighted by Gasteiger charge is 2.19. The highest BCUT2D eigenvalue weighted by Crippen LogP contribution is 2.27. The number of halogens is 1. The van der Waals surface area contributed by atoms with Crippen LogP contribution in [0.5, 0.6) is 0 Å². The molecule has 168 valence electrons. The number of nitrogen functional groups attached to an aromatic ring is 1. The van der Waals surface area contributed by atoms with Crippen LogP contribution in [0.25, 0.3) is 11.3 Å². The number of rotatable bonds is 6. The molecule has 1 aliphatic rings. The number of carbonyl (C=O) groups excluding carboxylic acids is 1. The molecule has 1 aromatic carbocycles. The van der Waals surface area contributed by atoms with E-state index in [1.54, 1.807) is 22.9 Å². The van der Waals surface area contributed by atoms with Crippen LogP contribution in [0.15, 0.2) is 42.6 Å². The van der Waals surface area contributed by atoms with Gasteiger partial charge < -0.3 is 15.4 Å². The molecule has 2 N–H and O–H groups in total. The first-order valence-corrected chi connectivity index (χ1v) is 11.2. The van der Waals surface area contributed by atoms with Crippen molar-refractivity contribution in [3.63, 3.8) is 0 Å². The van der Waals surface area contributed by atoms with Crippen molar-refractivity contribution in [2.24, 2.45) is 13.0 Å². The highest BCUT2D eigenvalue weighted by atomic mass is 35.5. The summed E-state index contributed by atoms with van der Waals surface area (Å²) in [5, 5.41) is 4.91. The summed E-state index contributed by atoms with van der Waals surface area (Å²) in [6.45, 7) is 2.59. The molecule has 0 amide bonds. The van der Waals surface area contributed by atoms with Gasteiger partial charge in [0.1, 0.15) is 11.0 Å². The standard InChI is InChI=1S/C24H28ClN5O2/c1-29-8-6-16(7-9-29)15-32-24(31)18-5-3-4-17(10-18)11-20-14-30(2)28-23(20)19-12-21(25)27-22(26)13-19/h3-5,10,12-14,16H,6-9,11,15H2,1-2H3,(H2,26,27). The van der Waals surface area contributed by atoms with Crippen molar-refractivity contribution in [3.8, 4) is 11.3 Å². The van der Waals surface area contributed by atoms with Crippen molar-refractivity contribution in [3.05, 3.63) is 64.4 Å². The number of hydrogen-bond acceptors (Lipinski definition) is 6. The van der Waals surface area contributed by atoms with Crippen LogP contribution in [0.4, 0.5) is 5.82 Å². The van der Waals surface area contributed by atoms with Gasteiger partial charge in [-0.2, -0.15) is 5.10 Å². The molecule has 0 unspecified atom stereocenters. The number of aromatic nitrogens is 3. The molecule has 3 heterocycles. The van der Waals surface area contributed by atoms with Crippen LogP contribution in [0.2, 0.25) is 5.15 Å². The van der Waals surface area contributed by atoms with E-state index in [-0.39, 0.29) is 5.97 Å². The summed E-state index contributed by atoms with van der Waals surface area (Å²) in [5.41, 5.74) is 10.0. The molecule has 0 radical (unpaired) electrons. The van der Waals surface area contributed by atoms with Gasteiger partial charge in [-0.15, -0.1) is 0 Å². The fourth-order valence-corrected chi connectivity index (χ4v) is 4.31. The molecule has 8 heteroatoms. The van der Waals surface area contributed by atoms with E-state index in [2.05, 4.69) is 22.0 Å². The molecule has 0 aliphatic carbocycles. The molecule has 7 nitrogen and oxygen atoms in total. The molecule has 3 aromatic rings. The SMILES string of the molecule is CN1CCC(COC(=O)c2cccc(Cc3cn(C)nc3-c3cc(N)nc(Cl)c3)c2)CC1. The Hall–Kier alpha value is -2.90. The minimum Gasteiger partial charge on any atom is -0.462 e. The predicted octanol–water partition coefficient (Wildman–Crippen LogP) is 3.81. The van der Waals surface area contributed by atoms with Crippen molar-refractivity contribution in [1.29, 1.82) is 0 Å². The number of esters is 1. The molecule has 0 spiro atoms. The number of pyridine rings is 1. The normalized spacial score (nSPS) is 15.1. The van der Waals surface area contributed by atoms with E-state index in [0.717, 1.165) is 48.3 Å². The first-order chi connectivity index (χ1) is 15.4. The third kappa shape index (κ3) is 5.47. The number of nitrogens with zero attached hydrogens (tertiary/aromatic N) is 4. The summed E-state index contributed by atoms with van der Waals surface area (Å²) < 4.78 is 7.38. The van der Waals surface area contributed by atoms with Crippen molar-refractivity contribution >= 4 is 23.4 Å². The second-order valence-corrected chi connectivity index (χ2v) is 8.89. The van der Waals surface area contributed by atoms with E-state index in [4.69, 9.17) is 22.1 Å². The maximum atomic E-state index is 12.6. The number of anilines is 1. The average Bonchev–Trinajstić information content (AvgIpc) is 3.12. The number of hydrogen-bond donors (Lipinski definition) is 1. The molecule has 4 rings (SSSR count). The Morgan fingerprint density at radius 3 is 2.75 bits per heavy atom. The van der Waals surface area contributed by atoms with Gasteiger partial charge >= 0.3 is 5.97 Å². The summed E-state index contributed by atoms with van der Waals surface area (Å²) in [4.78, 5) is 19.0. The van der Waals surface area contributed by atoms with E-state index in [1.165, 1.54) is 0 Å². The minimum atomic E-state index is -0.272. The maximum absolute atomic E-state index is 12.6. The molecule has 32 heavy (non-hydrogen) atoms. The number of piperidine rings is 1. The Morgan fingerprint density at radius 2 is 2.00 bits per heavy atom. The Kier molecular flexibility index (Phi) is 6.77. The number of carbonyl (C=O) groups is 1. The molecule has 2 aromatic heterocycles. The van der Waals surface area contributed by atoms with Gasteiger partial charge in [-0.25, -0.2) is 9.78 Å². The summed E-state index contributed by atoms with van der Waals surface area (Å²) in [6.07, 6.45) is 4.71. The number of likely N-dealkylation sites (tertiary alicyclic amines) is 1. The van der Waals surface area contributed by atoms with Crippen LogP contribution in [0.1, 0.15) is 34.3 Å². The lowest BCUT2D eigenvalue weighted by Crippen LogP contribution is -2.32. The van der Waals surface area contributed by atoms with Crippen LogP contribution < -0.4 is 5.73 Å². The van der Waals surface area contributed by atoms with E-state index >= 15 is 0 Å². The zero-order valence-corrected chi connectivity index (χ0v) is 19.2. The third-order valence-electron chi connectivity index (χ3n) is 5.84. The van der Waals surface area contributed by atoms with E-state index in [0.29, 0.717) is 35.5 Å². The molecule has 1 fully saturated rings. The number of aryl methyl sites for hydroxylation is 1. The van der Waals surface area contributed by atoms with Gasteiger partial charge in [-0.3, -0.25) is 4.68 Å². The lowest BCUT2D eigenvalue weighted by Gasteiger charge is -2.28. The fraction of sp³-hybridized carbons (Fsp3) is 0.375. The van der Waals surface area contributed by atoms with Gasteiger partial charge in [0.15, 0.2) is 0 Å². The number of ether oxygens (including phenoxy) is 1. The van der Waals surface area contributed by atoms with Crippen molar-refractivity contribution in [1.82, 2.24) is 19.7 Å². The van der Waals surface area contributed by atoms with E-state index in [9.17, 15) is 4.79 Å². The second kappa shape index (κ2) is 9.71. The number of benzene rings is 1. The summed E-state index contributed by atoms with van der Waals surface area (Å²) in [5.74, 6) is 0.514. The molecular weight excluding hydrogens is 426 g/mol. The monoisotopic (exact) mass is 453 g/mol. The van der Waals surface area contributed by atoms with Gasteiger partial charge in [-0.05, 0) is 68.7 Å². The Morgan fingerprint density at radius 1 is 1.22 bits per heavy atom. The van der Waals surface area contributed by atoms with Crippen molar-refractivity contribution in [2.75, 3.05) is 32.5 Å². The molecule has 0 atom stereocenters. The predicted molar refractivity (Wildman–Crippen MR) is 126 cm³/mol. The summed E-state index contributed by atoms with van der Waals surface area (Å²) in [6, 6.07) is 11.1. The minimum absolute atomic E-state index is 0.272. The van der Waals surface area contributed by atoms with Crippen molar-refractivity contribution < 1.29 is 9.53 Å². The van der Waals surface area contributed by atoms with Gasteiger partial charge in [-0.1, -0.05) is 23.7 Å². The van der Waals surface area contributed by atoms with Gasteiger partial charge in [0, 0.05) is 30.8 Å². The lowest BCUT2D eigenvalue weighted by atomic mass is 9.98. The lowest BCUT2D eigenvalue weighted by molar-refractivity contribution is 0.0384. The molecular formula is C24H28ClN5O2. The molecule has 1 aliphatic heterocycles. The van der Waals surface area contributed by atoms with Gasteiger partial charge in [0.2, 0.25) is 0 Å². The fourth-order valence-electron chi connectivity index (χ4n) is 4.10. The summed E-state index contributed by atoms with van der Waals surface area (Å²) >= 11 is 6.09. The quantitative estimate of drug-likeness (QED) is 0.451. The topological polar surface area (TPSA) is 86.3 Å². The number of nitrogens with two attached hydrogens (primary N) is 1. The smallest absolute Gasteiger partial charge is 0.338 e. The van der Waals surface area contributed by atoms with Gasteiger partial charge in [0.25, 0.3) is 0 Å². The molecule has 0 saturated carbocycles. The van der Waals surface area contributed by atoms with Gasteiger partial charge in [0.05, 0.1) is 17.9 Å². The first-order valence-electron chi connectivity index (χ1n) is 10.8. The van der Waals surface area contributed by atoms with Crippen LogP contribution in [0.3, 0.4) is 0 Å². The third-order valence-corrected chi connectivity index (χ3v) is 6.03. The maximum Gasteiger partial charge on any atom is 0.338 e. The molecule has 0 bridgehead atoms. The van der Waals surface area contributed by atoms with Crippen LogP contribution in [-0.2, 0) is 18.2 Å². The Bertz CT molecular complexity index is 1090. The largest absolute Gasteiger partial charge is 0.462 e. The zero-order chi connectivity index (χ0) is 22.7. The van der Waals surface area contributed by atoms with E-state index < -0.39 is 0 Å². The molecule has 1 saturated heterocycles. The van der Waals surface area contributed by atoms with E-state index in [1.807, 2.05) is 31.4 Å². The first kappa shape index (κ1) is 22.3. The van der Waals surface area contributed by atoms with Crippen LogP contribution in [0, 0.1) is 5.92 Å². The Balaban J connectivity index is 1.47. The van der Waals surface area contributed by atoms with Crippen molar-refractivity contribution in [2.45, 2.75) is 19.3 Å². The Labute approximate surface area is 193 Å². The average molecular weight is 454 g/mol.